The molecule has 0 aliphatic heterocycles. The SMILES string of the molecule is CS(=O)(=O)Cc1ccccc1NC(=O)NCCOc1ccc(Cl)cc1. The molecule has 0 saturated heterocycles. The second-order valence-electron chi connectivity index (χ2n) is 5.41. The van der Waals surface area contributed by atoms with Crippen molar-refractivity contribution in [3.63, 3.8) is 0 Å². The number of sulfone groups is 1. The molecule has 0 atom stereocenters. The van der Waals surface area contributed by atoms with Gasteiger partial charge in [-0.15, -0.1) is 0 Å². The Labute approximate surface area is 152 Å². The van der Waals surface area contributed by atoms with Crippen LogP contribution in [0, 0.1) is 0 Å². The molecule has 2 aromatic carbocycles. The molecule has 0 radical (unpaired) electrons. The molecular weight excluding hydrogens is 364 g/mol. The molecule has 0 spiro atoms. The van der Waals surface area contributed by atoms with E-state index in [0.29, 0.717) is 35.2 Å². The third kappa shape index (κ3) is 7.03. The van der Waals surface area contributed by atoms with Crippen molar-refractivity contribution < 1.29 is 17.9 Å². The average Bonchev–Trinajstić information content (AvgIpc) is 2.54. The molecular formula is C17H19ClN2O4S. The maximum atomic E-state index is 11.9. The Morgan fingerprint density at radius 2 is 1.80 bits per heavy atom. The van der Waals surface area contributed by atoms with Gasteiger partial charge in [-0.3, -0.25) is 0 Å². The minimum Gasteiger partial charge on any atom is -0.492 e. The summed E-state index contributed by atoms with van der Waals surface area (Å²) in [6.45, 7) is 0.586. The molecule has 8 heteroatoms. The normalized spacial score (nSPS) is 11.0. The van der Waals surface area contributed by atoms with Crippen LogP contribution in [0.4, 0.5) is 10.5 Å². The standard InChI is InChI=1S/C17H19ClN2O4S/c1-25(22,23)12-13-4-2-3-5-16(13)20-17(21)19-10-11-24-15-8-6-14(18)7-9-15/h2-9H,10-12H2,1H3,(H2,19,20,21). The lowest BCUT2D eigenvalue weighted by atomic mass is 10.2. The van der Waals surface area contributed by atoms with Crippen LogP contribution in [0.15, 0.2) is 48.5 Å². The quantitative estimate of drug-likeness (QED) is 0.720. The number of carbonyl (C=O) groups is 1. The minimum absolute atomic E-state index is 0.136. The molecule has 2 amide bonds. The van der Waals surface area contributed by atoms with Gasteiger partial charge in [-0.25, -0.2) is 13.2 Å². The van der Waals surface area contributed by atoms with Gasteiger partial charge in [0, 0.05) is 17.0 Å². The molecule has 0 aliphatic carbocycles. The fourth-order valence-corrected chi connectivity index (χ4v) is 3.02. The lowest BCUT2D eigenvalue weighted by Crippen LogP contribution is -2.32. The van der Waals surface area contributed by atoms with Crippen LogP contribution in [-0.4, -0.2) is 33.9 Å². The number of amides is 2. The Balaban J connectivity index is 1.81. The van der Waals surface area contributed by atoms with Gasteiger partial charge in [0.25, 0.3) is 0 Å². The number of rotatable bonds is 7. The number of nitrogens with one attached hydrogen (secondary N) is 2. The van der Waals surface area contributed by atoms with E-state index < -0.39 is 15.9 Å². The highest BCUT2D eigenvalue weighted by Crippen LogP contribution is 2.17. The van der Waals surface area contributed by atoms with E-state index in [2.05, 4.69) is 10.6 Å². The van der Waals surface area contributed by atoms with Gasteiger partial charge in [0.2, 0.25) is 0 Å². The molecule has 6 nitrogen and oxygen atoms in total. The molecule has 0 fully saturated rings. The summed E-state index contributed by atoms with van der Waals surface area (Å²) in [6, 6.07) is 13.3. The average molecular weight is 383 g/mol. The molecule has 134 valence electrons. The van der Waals surface area contributed by atoms with Gasteiger partial charge in [0.15, 0.2) is 9.84 Å². The molecule has 2 aromatic rings. The minimum atomic E-state index is -3.19. The van der Waals surface area contributed by atoms with E-state index in [4.69, 9.17) is 16.3 Å². The molecule has 2 N–H and O–H groups in total. The largest absolute Gasteiger partial charge is 0.492 e. The number of anilines is 1. The molecule has 0 heterocycles. The zero-order valence-electron chi connectivity index (χ0n) is 13.7. The summed E-state index contributed by atoms with van der Waals surface area (Å²) in [4.78, 5) is 11.9. The molecule has 0 bridgehead atoms. The number of hydrogen-bond donors (Lipinski definition) is 2. The number of urea groups is 1. The van der Waals surface area contributed by atoms with Crippen molar-refractivity contribution in [3.05, 3.63) is 59.1 Å². The highest BCUT2D eigenvalue weighted by molar-refractivity contribution is 7.89. The summed E-state index contributed by atoms with van der Waals surface area (Å²) in [6.07, 6.45) is 1.15. The number of ether oxygens (including phenoxy) is 1. The smallest absolute Gasteiger partial charge is 0.319 e. The summed E-state index contributed by atoms with van der Waals surface area (Å²) in [5.74, 6) is 0.522. The van der Waals surface area contributed by atoms with E-state index in [0.717, 1.165) is 6.26 Å². The van der Waals surface area contributed by atoms with Gasteiger partial charge < -0.3 is 15.4 Å². The Morgan fingerprint density at radius 3 is 2.48 bits per heavy atom. The summed E-state index contributed by atoms with van der Waals surface area (Å²) < 4.78 is 28.4. The Hall–Kier alpha value is -2.25. The number of halogens is 1. The molecule has 0 saturated carbocycles. The fraction of sp³-hybridized carbons (Fsp3) is 0.235. The van der Waals surface area contributed by atoms with Crippen LogP contribution in [-0.2, 0) is 15.6 Å². The fourth-order valence-electron chi connectivity index (χ4n) is 2.08. The second-order valence-corrected chi connectivity index (χ2v) is 7.99. The van der Waals surface area contributed by atoms with Crippen LogP contribution >= 0.6 is 11.6 Å². The number of para-hydroxylation sites is 1. The summed E-state index contributed by atoms with van der Waals surface area (Å²) in [7, 11) is -3.19. The topological polar surface area (TPSA) is 84.5 Å². The highest BCUT2D eigenvalue weighted by atomic mass is 35.5. The molecule has 0 unspecified atom stereocenters. The van der Waals surface area contributed by atoms with Gasteiger partial charge in [-0.05, 0) is 35.9 Å². The monoisotopic (exact) mass is 382 g/mol. The van der Waals surface area contributed by atoms with E-state index in [-0.39, 0.29) is 5.75 Å². The third-order valence-electron chi connectivity index (χ3n) is 3.15. The van der Waals surface area contributed by atoms with Gasteiger partial charge in [0.1, 0.15) is 12.4 Å². The second kappa shape index (κ2) is 8.73. The molecule has 0 aliphatic rings. The van der Waals surface area contributed by atoms with Gasteiger partial charge in [0.05, 0.1) is 12.3 Å². The van der Waals surface area contributed by atoms with E-state index in [1.807, 2.05) is 0 Å². The maximum absolute atomic E-state index is 11.9. The Bertz CT molecular complexity index is 823. The first-order valence-corrected chi connectivity index (χ1v) is 9.96. The van der Waals surface area contributed by atoms with Crippen molar-refractivity contribution in [2.75, 3.05) is 24.7 Å². The summed E-state index contributed by atoms with van der Waals surface area (Å²) in [5, 5.41) is 5.93. The zero-order chi connectivity index (χ0) is 18.3. The van der Waals surface area contributed by atoms with Crippen molar-refractivity contribution >= 4 is 33.2 Å². The van der Waals surface area contributed by atoms with Crippen LogP contribution in [0.2, 0.25) is 5.02 Å². The van der Waals surface area contributed by atoms with E-state index in [1.54, 1.807) is 48.5 Å². The Morgan fingerprint density at radius 1 is 1.12 bits per heavy atom. The van der Waals surface area contributed by atoms with Crippen molar-refractivity contribution in [3.8, 4) is 5.75 Å². The molecule has 2 rings (SSSR count). The Kier molecular flexibility index (Phi) is 6.66. The highest BCUT2D eigenvalue weighted by Gasteiger charge is 2.11. The predicted molar refractivity (Wildman–Crippen MR) is 99.0 cm³/mol. The molecule has 0 aromatic heterocycles. The summed E-state index contributed by atoms with van der Waals surface area (Å²) >= 11 is 5.79. The van der Waals surface area contributed by atoms with E-state index in [9.17, 15) is 13.2 Å². The lowest BCUT2D eigenvalue weighted by molar-refractivity contribution is 0.247. The predicted octanol–water partition coefficient (Wildman–Crippen LogP) is 3.09. The molecule has 25 heavy (non-hydrogen) atoms. The lowest BCUT2D eigenvalue weighted by Gasteiger charge is -2.12. The number of benzene rings is 2. The van der Waals surface area contributed by atoms with E-state index in [1.165, 1.54) is 0 Å². The first kappa shape index (κ1) is 19.1. The van der Waals surface area contributed by atoms with Crippen LogP contribution in [0.5, 0.6) is 5.75 Å². The van der Waals surface area contributed by atoms with Crippen molar-refractivity contribution in [2.45, 2.75) is 5.75 Å². The van der Waals surface area contributed by atoms with Gasteiger partial charge in [-0.2, -0.15) is 0 Å². The van der Waals surface area contributed by atoms with Crippen LogP contribution in [0.3, 0.4) is 0 Å². The van der Waals surface area contributed by atoms with Crippen LogP contribution in [0.25, 0.3) is 0 Å². The van der Waals surface area contributed by atoms with Crippen molar-refractivity contribution in [1.82, 2.24) is 5.32 Å². The number of hydrogen-bond acceptors (Lipinski definition) is 4. The van der Waals surface area contributed by atoms with Crippen molar-refractivity contribution in [1.29, 1.82) is 0 Å². The third-order valence-corrected chi connectivity index (χ3v) is 4.24. The van der Waals surface area contributed by atoms with Crippen molar-refractivity contribution in [2.24, 2.45) is 0 Å². The van der Waals surface area contributed by atoms with Gasteiger partial charge >= 0.3 is 6.03 Å². The first-order valence-electron chi connectivity index (χ1n) is 7.52. The van der Waals surface area contributed by atoms with Gasteiger partial charge in [-0.1, -0.05) is 29.8 Å². The first-order chi connectivity index (χ1) is 11.8. The van der Waals surface area contributed by atoms with Crippen LogP contribution in [0.1, 0.15) is 5.56 Å². The van der Waals surface area contributed by atoms with E-state index >= 15 is 0 Å². The van der Waals surface area contributed by atoms with Crippen LogP contribution < -0.4 is 15.4 Å². The maximum Gasteiger partial charge on any atom is 0.319 e. The number of carbonyl (C=O) groups excluding carboxylic acids is 1. The summed E-state index contributed by atoms with van der Waals surface area (Å²) in [5.41, 5.74) is 1.00. The zero-order valence-corrected chi connectivity index (χ0v) is 15.2.